The zero-order valence-electron chi connectivity index (χ0n) is 10.3. The highest BCUT2D eigenvalue weighted by molar-refractivity contribution is 5.34. The minimum Gasteiger partial charge on any atom is -0.482 e. The summed E-state index contributed by atoms with van der Waals surface area (Å²) < 4.78 is 24.2. The molecule has 1 aromatic heterocycles. The molecule has 5 nitrogen and oxygen atoms in total. The molecule has 1 aliphatic rings. The number of nitrogens with zero attached hydrogens (tertiary/aromatic N) is 2. The van der Waals surface area contributed by atoms with E-state index in [0.29, 0.717) is 23.2 Å². The molecule has 0 radical (unpaired) electrons. The van der Waals surface area contributed by atoms with Crippen molar-refractivity contribution < 1.29 is 13.7 Å². The molecule has 0 saturated heterocycles. The second-order valence-corrected chi connectivity index (χ2v) is 4.54. The van der Waals surface area contributed by atoms with E-state index in [-0.39, 0.29) is 18.9 Å². The number of benzene rings is 1. The quantitative estimate of drug-likeness (QED) is 0.894. The van der Waals surface area contributed by atoms with Crippen molar-refractivity contribution in [3.8, 4) is 5.75 Å². The number of hydrogen-bond acceptors (Lipinski definition) is 5. The van der Waals surface area contributed by atoms with Gasteiger partial charge in [-0.05, 0) is 18.9 Å². The lowest BCUT2D eigenvalue weighted by atomic mass is 10.2. The summed E-state index contributed by atoms with van der Waals surface area (Å²) in [7, 11) is 0. The first-order chi connectivity index (χ1) is 9.28. The third-order valence-electron chi connectivity index (χ3n) is 3.02. The number of nitrogens with two attached hydrogens (primary N) is 1. The third kappa shape index (κ3) is 2.58. The number of halogens is 1. The third-order valence-corrected chi connectivity index (χ3v) is 3.02. The van der Waals surface area contributed by atoms with Gasteiger partial charge >= 0.3 is 0 Å². The first-order valence-electron chi connectivity index (χ1n) is 6.20. The summed E-state index contributed by atoms with van der Waals surface area (Å²) in [5.74, 6) is 1.19. The van der Waals surface area contributed by atoms with Gasteiger partial charge in [-0.25, -0.2) is 4.39 Å². The Labute approximate surface area is 109 Å². The van der Waals surface area contributed by atoms with Crippen LogP contribution in [-0.2, 0) is 13.2 Å². The van der Waals surface area contributed by atoms with Crippen LogP contribution in [0.15, 0.2) is 22.7 Å². The number of ether oxygens (including phenoxy) is 1. The van der Waals surface area contributed by atoms with E-state index in [1.165, 1.54) is 6.07 Å². The van der Waals surface area contributed by atoms with Crippen LogP contribution in [-0.4, -0.2) is 10.1 Å². The molecular weight excluding hydrogens is 249 g/mol. The standard InChI is InChI=1S/C13H14FN3O2/c14-10-3-1-2-9(6-15)12(10)18-7-11-16-13(19-17-11)8-4-5-8/h1-3,8H,4-7,15H2. The maximum atomic E-state index is 13.6. The van der Waals surface area contributed by atoms with E-state index in [0.717, 1.165) is 12.8 Å². The fraction of sp³-hybridized carbons (Fsp3) is 0.385. The van der Waals surface area contributed by atoms with Crippen LogP contribution >= 0.6 is 0 Å². The molecule has 0 amide bonds. The van der Waals surface area contributed by atoms with Crippen LogP contribution in [0.25, 0.3) is 0 Å². The molecule has 1 heterocycles. The molecule has 1 fully saturated rings. The first kappa shape index (κ1) is 12.1. The van der Waals surface area contributed by atoms with Crippen molar-refractivity contribution in [1.29, 1.82) is 0 Å². The summed E-state index contributed by atoms with van der Waals surface area (Å²) in [4.78, 5) is 4.22. The molecule has 6 heteroatoms. The topological polar surface area (TPSA) is 74.2 Å². The summed E-state index contributed by atoms with van der Waals surface area (Å²) in [6, 6.07) is 4.66. The van der Waals surface area contributed by atoms with Crippen LogP contribution in [0.5, 0.6) is 5.75 Å². The van der Waals surface area contributed by atoms with Gasteiger partial charge < -0.3 is 15.0 Å². The van der Waals surface area contributed by atoms with Gasteiger partial charge in [0.1, 0.15) is 0 Å². The first-order valence-corrected chi connectivity index (χ1v) is 6.20. The van der Waals surface area contributed by atoms with E-state index in [2.05, 4.69) is 10.1 Å². The van der Waals surface area contributed by atoms with Crippen LogP contribution in [0, 0.1) is 5.82 Å². The van der Waals surface area contributed by atoms with Gasteiger partial charge in [0.25, 0.3) is 0 Å². The molecule has 0 aliphatic heterocycles. The van der Waals surface area contributed by atoms with E-state index < -0.39 is 5.82 Å². The molecule has 0 atom stereocenters. The predicted octanol–water partition coefficient (Wildman–Crippen LogP) is 2.12. The van der Waals surface area contributed by atoms with Crippen molar-refractivity contribution in [2.24, 2.45) is 5.73 Å². The van der Waals surface area contributed by atoms with Gasteiger partial charge in [0, 0.05) is 18.0 Å². The van der Waals surface area contributed by atoms with Crippen molar-refractivity contribution in [3.05, 3.63) is 41.3 Å². The minimum atomic E-state index is -0.436. The average molecular weight is 263 g/mol. The van der Waals surface area contributed by atoms with Crippen LogP contribution in [0.1, 0.15) is 36.0 Å². The largest absolute Gasteiger partial charge is 0.482 e. The molecule has 2 aromatic rings. The zero-order valence-corrected chi connectivity index (χ0v) is 10.3. The molecule has 0 bridgehead atoms. The molecule has 1 saturated carbocycles. The lowest BCUT2D eigenvalue weighted by Crippen LogP contribution is -2.05. The molecule has 1 aromatic carbocycles. The number of hydrogen-bond donors (Lipinski definition) is 1. The second kappa shape index (κ2) is 4.97. The molecule has 19 heavy (non-hydrogen) atoms. The Bertz CT molecular complexity index is 581. The molecule has 2 N–H and O–H groups in total. The van der Waals surface area contributed by atoms with Gasteiger partial charge in [0.2, 0.25) is 11.7 Å². The Morgan fingerprint density at radius 1 is 1.42 bits per heavy atom. The summed E-state index contributed by atoms with van der Waals surface area (Å²) in [5.41, 5.74) is 6.16. The van der Waals surface area contributed by atoms with Gasteiger partial charge in [-0.2, -0.15) is 4.98 Å². The average Bonchev–Trinajstić information content (AvgIpc) is 3.17. The van der Waals surface area contributed by atoms with Crippen molar-refractivity contribution >= 4 is 0 Å². The molecule has 3 rings (SSSR count). The fourth-order valence-corrected chi connectivity index (χ4v) is 1.83. The Kier molecular flexibility index (Phi) is 3.16. The maximum Gasteiger partial charge on any atom is 0.229 e. The summed E-state index contributed by atoms with van der Waals surface area (Å²) in [5, 5.41) is 3.81. The van der Waals surface area contributed by atoms with Crippen molar-refractivity contribution in [3.63, 3.8) is 0 Å². The lowest BCUT2D eigenvalue weighted by molar-refractivity contribution is 0.269. The lowest BCUT2D eigenvalue weighted by Gasteiger charge is -2.09. The molecule has 100 valence electrons. The highest BCUT2D eigenvalue weighted by Crippen LogP contribution is 2.38. The SMILES string of the molecule is NCc1cccc(F)c1OCc1noc(C2CC2)n1. The maximum absolute atomic E-state index is 13.6. The molecule has 0 spiro atoms. The number of rotatable bonds is 5. The van der Waals surface area contributed by atoms with E-state index in [1.807, 2.05) is 0 Å². The summed E-state index contributed by atoms with van der Waals surface area (Å²) in [6.07, 6.45) is 2.18. The Morgan fingerprint density at radius 2 is 2.26 bits per heavy atom. The predicted molar refractivity (Wildman–Crippen MR) is 64.9 cm³/mol. The number of para-hydroxylation sites is 1. The minimum absolute atomic E-state index is 0.0736. The number of aromatic nitrogens is 2. The van der Waals surface area contributed by atoms with E-state index in [9.17, 15) is 4.39 Å². The van der Waals surface area contributed by atoms with Crippen LogP contribution in [0.3, 0.4) is 0 Å². The fourth-order valence-electron chi connectivity index (χ4n) is 1.83. The molecule has 0 unspecified atom stereocenters. The van der Waals surface area contributed by atoms with Crippen LogP contribution in [0.2, 0.25) is 0 Å². The second-order valence-electron chi connectivity index (χ2n) is 4.54. The van der Waals surface area contributed by atoms with E-state index in [1.54, 1.807) is 12.1 Å². The van der Waals surface area contributed by atoms with E-state index in [4.69, 9.17) is 15.0 Å². The van der Waals surface area contributed by atoms with Crippen molar-refractivity contribution in [2.75, 3.05) is 0 Å². The van der Waals surface area contributed by atoms with Crippen molar-refractivity contribution in [1.82, 2.24) is 10.1 Å². The molecule has 1 aliphatic carbocycles. The Morgan fingerprint density at radius 3 is 3.00 bits per heavy atom. The highest BCUT2D eigenvalue weighted by Gasteiger charge is 2.29. The Hall–Kier alpha value is -1.95. The smallest absolute Gasteiger partial charge is 0.229 e. The summed E-state index contributed by atoms with van der Waals surface area (Å²) >= 11 is 0. The Balaban J connectivity index is 1.71. The van der Waals surface area contributed by atoms with Crippen LogP contribution < -0.4 is 10.5 Å². The van der Waals surface area contributed by atoms with Gasteiger partial charge in [0.05, 0.1) is 0 Å². The van der Waals surface area contributed by atoms with Gasteiger partial charge in [-0.3, -0.25) is 0 Å². The monoisotopic (exact) mass is 263 g/mol. The van der Waals surface area contributed by atoms with Crippen molar-refractivity contribution in [2.45, 2.75) is 31.9 Å². The zero-order chi connectivity index (χ0) is 13.2. The summed E-state index contributed by atoms with van der Waals surface area (Å²) in [6.45, 7) is 0.289. The van der Waals surface area contributed by atoms with Gasteiger partial charge in [-0.15, -0.1) is 0 Å². The van der Waals surface area contributed by atoms with Gasteiger partial charge in [0.15, 0.2) is 18.2 Å². The van der Waals surface area contributed by atoms with Crippen LogP contribution in [0.4, 0.5) is 4.39 Å². The highest BCUT2D eigenvalue weighted by atomic mass is 19.1. The molecular formula is C13H14FN3O2. The normalized spacial score (nSPS) is 14.6. The van der Waals surface area contributed by atoms with Gasteiger partial charge in [-0.1, -0.05) is 17.3 Å². The van der Waals surface area contributed by atoms with E-state index >= 15 is 0 Å².